The number of rotatable bonds is 4. The average molecular weight is 373 g/mol. The molecule has 0 fully saturated rings. The van der Waals surface area contributed by atoms with Gasteiger partial charge in [-0.15, -0.1) is 0 Å². The summed E-state index contributed by atoms with van der Waals surface area (Å²) in [6, 6.07) is 13.4. The summed E-state index contributed by atoms with van der Waals surface area (Å²) in [5.74, 6) is 1.42. The third kappa shape index (κ3) is 2.74. The largest absolute Gasteiger partial charge is 0.497 e. The van der Waals surface area contributed by atoms with Crippen molar-refractivity contribution in [2.75, 3.05) is 20.2 Å². The van der Waals surface area contributed by atoms with Crippen LogP contribution in [0, 0.1) is 6.92 Å². The summed E-state index contributed by atoms with van der Waals surface area (Å²) in [7, 11) is 1.64. The van der Waals surface area contributed by atoms with Gasteiger partial charge in [0.1, 0.15) is 17.2 Å². The van der Waals surface area contributed by atoms with Gasteiger partial charge in [-0.1, -0.05) is 30.3 Å². The molecule has 0 aromatic heterocycles. The highest BCUT2D eigenvalue weighted by atomic mass is 16.5. The molecule has 0 atom stereocenters. The van der Waals surface area contributed by atoms with Gasteiger partial charge in [0.05, 0.1) is 12.7 Å². The third-order valence-electron chi connectivity index (χ3n) is 5.29. The zero-order valence-electron chi connectivity index (χ0n) is 16.6. The number of allylic oxidation sites excluding steroid dienone is 2. The summed E-state index contributed by atoms with van der Waals surface area (Å²) in [6.07, 6.45) is 0. The highest BCUT2D eigenvalue weighted by Gasteiger charge is 2.35. The summed E-state index contributed by atoms with van der Waals surface area (Å²) in [5.41, 5.74) is 5.42. The maximum absolute atomic E-state index is 13.5. The molecule has 0 unspecified atom stereocenters. The Labute approximate surface area is 165 Å². The van der Waals surface area contributed by atoms with Crippen molar-refractivity contribution in [1.29, 1.82) is 0 Å². The Hall–Kier alpha value is -3.21. The smallest absolute Gasteiger partial charge is 0.226 e. The minimum atomic E-state index is -0.0117. The number of carbonyl (C=O) groups excluding carboxylic acids is 1. The van der Waals surface area contributed by atoms with E-state index in [1.165, 1.54) is 0 Å². The Kier molecular flexibility index (Phi) is 4.59. The number of ketones is 1. The lowest BCUT2D eigenvalue weighted by Gasteiger charge is -2.20. The highest BCUT2D eigenvalue weighted by Crippen LogP contribution is 2.37. The zero-order chi connectivity index (χ0) is 19.8. The van der Waals surface area contributed by atoms with Crippen LogP contribution in [0.25, 0.3) is 5.57 Å². The van der Waals surface area contributed by atoms with Gasteiger partial charge in [-0.3, -0.25) is 4.79 Å². The van der Waals surface area contributed by atoms with Crippen LogP contribution in [0.4, 0.5) is 0 Å². The summed E-state index contributed by atoms with van der Waals surface area (Å²) in [4.78, 5) is 25.2. The number of guanidine groups is 1. The molecule has 5 nitrogen and oxygen atoms in total. The van der Waals surface area contributed by atoms with E-state index in [0.29, 0.717) is 22.8 Å². The fourth-order valence-corrected chi connectivity index (χ4v) is 3.76. The molecule has 28 heavy (non-hydrogen) atoms. The van der Waals surface area contributed by atoms with Crippen molar-refractivity contribution in [2.24, 2.45) is 9.98 Å². The van der Waals surface area contributed by atoms with E-state index >= 15 is 0 Å². The van der Waals surface area contributed by atoms with E-state index in [-0.39, 0.29) is 5.78 Å². The van der Waals surface area contributed by atoms with Gasteiger partial charge in [0, 0.05) is 24.2 Å². The molecule has 0 radical (unpaired) electrons. The SMILES string of the molecule is CCN(CC)C1=NC2=C(c3ccc(OC)cc3C)C(=O)c3ccccc3C2=N1. The molecule has 2 aromatic rings. The lowest BCUT2D eigenvalue weighted by Crippen LogP contribution is -2.28. The minimum absolute atomic E-state index is 0.0117. The van der Waals surface area contributed by atoms with Crippen molar-refractivity contribution in [3.05, 3.63) is 70.4 Å². The predicted octanol–water partition coefficient (Wildman–Crippen LogP) is 4.11. The maximum atomic E-state index is 13.5. The number of aryl methyl sites for hydroxylation is 1. The fraction of sp³-hybridized carbons (Fsp3) is 0.261. The first kappa shape index (κ1) is 18.2. The molecule has 0 spiro atoms. The van der Waals surface area contributed by atoms with Crippen molar-refractivity contribution in [3.63, 3.8) is 0 Å². The van der Waals surface area contributed by atoms with Crippen molar-refractivity contribution in [3.8, 4) is 5.75 Å². The van der Waals surface area contributed by atoms with Gasteiger partial charge in [0.25, 0.3) is 0 Å². The van der Waals surface area contributed by atoms with Gasteiger partial charge in [-0.05, 0) is 44.0 Å². The molecule has 0 saturated carbocycles. The van der Waals surface area contributed by atoms with E-state index in [1.807, 2.05) is 49.4 Å². The molecule has 2 aliphatic rings. The Balaban J connectivity index is 1.97. The highest BCUT2D eigenvalue weighted by molar-refractivity contribution is 6.43. The van der Waals surface area contributed by atoms with Crippen LogP contribution in [0.1, 0.15) is 40.9 Å². The van der Waals surface area contributed by atoms with Gasteiger partial charge < -0.3 is 9.64 Å². The number of aliphatic imine (C=N–C) groups is 2. The zero-order valence-corrected chi connectivity index (χ0v) is 16.6. The van der Waals surface area contributed by atoms with Gasteiger partial charge in [-0.2, -0.15) is 0 Å². The van der Waals surface area contributed by atoms with E-state index in [4.69, 9.17) is 14.7 Å². The molecule has 0 saturated heterocycles. The summed E-state index contributed by atoms with van der Waals surface area (Å²) in [5, 5.41) is 0. The molecule has 4 rings (SSSR count). The van der Waals surface area contributed by atoms with Crippen LogP contribution in [-0.4, -0.2) is 42.6 Å². The predicted molar refractivity (Wildman–Crippen MR) is 112 cm³/mol. The summed E-state index contributed by atoms with van der Waals surface area (Å²) >= 11 is 0. The molecule has 1 aliphatic heterocycles. The van der Waals surface area contributed by atoms with Gasteiger partial charge in [-0.25, -0.2) is 9.98 Å². The Morgan fingerprint density at radius 2 is 1.68 bits per heavy atom. The van der Waals surface area contributed by atoms with Crippen molar-refractivity contribution < 1.29 is 9.53 Å². The lowest BCUT2D eigenvalue weighted by atomic mass is 9.82. The van der Waals surface area contributed by atoms with Crippen LogP contribution < -0.4 is 4.74 Å². The van der Waals surface area contributed by atoms with Crippen LogP contribution in [0.15, 0.2) is 58.1 Å². The van der Waals surface area contributed by atoms with E-state index in [2.05, 4.69) is 18.7 Å². The summed E-state index contributed by atoms with van der Waals surface area (Å²) < 4.78 is 5.33. The minimum Gasteiger partial charge on any atom is -0.497 e. The van der Waals surface area contributed by atoms with Gasteiger partial charge >= 0.3 is 0 Å². The number of hydrogen-bond donors (Lipinski definition) is 0. The molecular formula is C23H23N3O2. The molecule has 0 bridgehead atoms. The average Bonchev–Trinajstić information content (AvgIpc) is 3.15. The van der Waals surface area contributed by atoms with Crippen molar-refractivity contribution in [2.45, 2.75) is 20.8 Å². The second kappa shape index (κ2) is 7.08. The second-order valence-corrected chi connectivity index (χ2v) is 6.82. The van der Waals surface area contributed by atoms with E-state index < -0.39 is 0 Å². The van der Waals surface area contributed by atoms with Crippen LogP contribution in [0.5, 0.6) is 5.75 Å². The number of nitrogens with zero attached hydrogens (tertiary/aromatic N) is 3. The number of hydrogen-bond acceptors (Lipinski definition) is 5. The number of fused-ring (bicyclic) bond motifs is 3. The van der Waals surface area contributed by atoms with Crippen molar-refractivity contribution >= 4 is 23.0 Å². The number of benzene rings is 2. The van der Waals surface area contributed by atoms with E-state index in [1.54, 1.807) is 7.11 Å². The Morgan fingerprint density at radius 3 is 2.32 bits per heavy atom. The first-order valence-corrected chi connectivity index (χ1v) is 9.55. The second-order valence-electron chi connectivity index (χ2n) is 6.82. The Morgan fingerprint density at radius 1 is 0.964 bits per heavy atom. The molecule has 1 heterocycles. The molecule has 1 aliphatic carbocycles. The molecule has 0 amide bonds. The monoisotopic (exact) mass is 373 g/mol. The van der Waals surface area contributed by atoms with Crippen LogP contribution >= 0.6 is 0 Å². The van der Waals surface area contributed by atoms with Crippen molar-refractivity contribution in [1.82, 2.24) is 4.90 Å². The van der Waals surface area contributed by atoms with Crippen LogP contribution in [-0.2, 0) is 0 Å². The normalized spacial score (nSPS) is 15.1. The lowest BCUT2D eigenvalue weighted by molar-refractivity contribution is 0.105. The topological polar surface area (TPSA) is 54.3 Å². The third-order valence-corrected chi connectivity index (χ3v) is 5.29. The maximum Gasteiger partial charge on any atom is 0.226 e. The molecule has 5 heteroatoms. The summed E-state index contributed by atoms with van der Waals surface area (Å²) in [6.45, 7) is 7.77. The number of carbonyl (C=O) groups is 1. The van der Waals surface area contributed by atoms with Crippen LogP contribution in [0.2, 0.25) is 0 Å². The first-order chi connectivity index (χ1) is 13.6. The first-order valence-electron chi connectivity index (χ1n) is 9.55. The number of ether oxygens (including phenoxy) is 1. The fourth-order valence-electron chi connectivity index (χ4n) is 3.76. The molecule has 0 N–H and O–H groups in total. The van der Waals surface area contributed by atoms with E-state index in [9.17, 15) is 4.79 Å². The van der Waals surface area contributed by atoms with Gasteiger partial charge in [0.15, 0.2) is 5.78 Å². The molecule has 2 aromatic carbocycles. The quantitative estimate of drug-likeness (QED) is 0.810. The number of methoxy groups -OCH3 is 1. The van der Waals surface area contributed by atoms with E-state index in [0.717, 1.165) is 41.2 Å². The molecule has 142 valence electrons. The number of Topliss-reactive ketones (excluding diaryl/α,β-unsaturated/α-hetero) is 1. The standard InChI is InChI=1S/C23H23N3O2/c1-5-26(6-2)23-24-20-17-9-7-8-10-18(17)22(27)19(21(20)25-23)16-12-11-15(28-4)13-14(16)3/h7-13H,5-6H2,1-4H3. The van der Waals surface area contributed by atoms with Crippen LogP contribution in [0.3, 0.4) is 0 Å². The van der Waals surface area contributed by atoms with Gasteiger partial charge in [0.2, 0.25) is 5.96 Å². The Bertz CT molecular complexity index is 1060. The molecular weight excluding hydrogens is 350 g/mol.